The Labute approximate surface area is 98.2 Å². The standard InChI is InChI=1S/C13H23NO2/c1-5-15-8-6-7-14-11(3)13-9-10(2)16-12(13)4/h9,11,14H,5-8H2,1-4H3. The van der Waals surface area contributed by atoms with Crippen molar-refractivity contribution in [2.75, 3.05) is 19.8 Å². The molecule has 92 valence electrons. The minimum absolute atomic E-state index is 0.346. The number of aryl methyl sites for hydroxylation is 2. The SMILES string of the molecule is CCOCCCNC(C)c1cc(C)oc1C. The second kappa shape index (κ2) is 6.71. The van der Waals surface area contributed by atoms with E-state index in [-0.39, 0.29) is 0 Å². The average molecular weight is 225 g/mol. The molecule has 0 spiro atoms. The lowest BCUT2D eigenvalue weighted by Crippen LogP contribution is -2.21. The highest BCUT2D eigenvalue weighted by atomic mass is 16.5. The van der Waals surface area contributed by atoms with Crippen molar-refractivity contribution in [3.05, 3.63) is 23.2 Å². The summed E-state index contributed by atoms with van der Waals surface area (Å²) < 4.78 is 10.8. The Balaban J connectivity index is 2.29. The van der Waals surface area contributed by atoms with E-state index in [1.54, 1.807) is 0 Å². The van der Waals surface area contributed by atoms with E-state index in [9.17, 15) is 0 Å². The van der Waals surface area contributed by atoms with Gasteiger partial charge < -0.3 is 14.5 Å². The van der Waals surface area contributed by atoms with Crippen molar-refractivity contribution in [2.24, 2.45) is 0 Å². The number of hydrogen-bond donors (Lipinski definition) is 1. The van der Waals surface area contributed by atoms with Gasteiger partial charge in [-0.2, -0.15) is 0 Å². The summed E-state index contributed by atoms with van der Waals surface area (Å²) in [4.78, 5) is 0. The van der Waals surface area contributed by atoms with Crippen molar-refractivity contribution in [3.63, 3.8) is 0 Å². The molecule has 0 aliphatic heterocycles. The van der Waals surface area contributed by atoms with Crippen LogP contribution in [0.4, 0.5) is 0 Å². The zero-order chi connectivity index (χ0) is 12.0. The van der Waals surface area contributed by atoms with Gasteiger partial charge >= 0.3 is 0 Å². The second-order valence-corrected chi connectivity index (χ2v) is 4.09. The predicted octanol–water partition coefficient (Wildman–Crippen LogP) is 2.97. The number of nitrogens with one attached hydrogen (secondary N) is 1. The van der Waals surface area contributed by atoms with Crippen molar-refractivity contribution >= 4 is 0 Å². The maximum absolute atomic E-state index is 5.52. The topological polar surface area (TPSA) is 34.4 Å². The lowest BCUT2D eigenvalue weighted by molar-refractivity contribution is 0.144. The zero-order valence-electron chi connectivity index (χ0n) is 10.8. The van der Waals surface area contributed by atoms with Crippen LogP contribution in [0.15, 0.2) is 10.5 Å². The van der Waals surface area contributed by atoms with Crippen LogP contribution in [-0.4, -0.2) is 19.8 Å². The van der Waals surface area contributed by atoms with Gasteiger partial charge in [-0.3, -0.25) is 0 Å². The molecule has 1 atom stereocenters. The minimum Gasteiger partial charge on any atom is -0.466 e. The Morgan fingerprint density at radius 3 is 2.75 bits per heavy atom. The zero-order valence-corrected chi connectivity index (χ0v) is 10.8. The molecule has 0 saturated heterocycles. The fourth-order valence-corrected chi connectivity index (χ4v) is 1.83. The van der Waals surface area contributed by atoms with Crippen LogP contribution in [0.5, 0.6) is 0 Å². The highest BCUT2D eigenvalue weighted by Crippen LogP contribution is 2.20. The molecule has 1 heterocycles. The highest BCUT2D eigenvalue weighted by Gasteiger charge is 2.11. The fourth-order valence-electron chi connectivity index (χ4n) is 1.83. The molecule has 0 amide bonds. The molecule has 0 fully saturated rings. The van der Waals surface area contributed by atoms with Gasteiger partial charge in [-0.15, -0.1) is 0 Å². The Bertz CT molecular complexity index is 307. The minimum atomic E-state index is 0.346. The Morgan fingerprint density at radius 2 is 2.19 bits per heavy atom. The molecule has 1 aromatic heterocycles. The molecule has 1 unspecified atom stereocenters. The van der Waals surface area contributed by atoms with Crippen LogP contribution in [0.2, 0.25) is 0 Å². The van der Waals surface area contributed by atoms with E-state index in [1.807, 2.05) is 20.8 Å². The number of ether oxygens (including phenoxy) is 1. The first-order valence-electron chi connectivity index (χ1n) is 6.03. The lowest BCUT2D eigenvalue weighted by Gasteiger charge is -2.12. The van der Waals surface area contributed by atoms with Gasteiger partial charge in [0.1, 0.15) is 11.5 Å². The molecular formula is C13H23NO2. The van der Waals surface area contributed by atoms with Crippen LogP contribution in [0.1, 0.15) is 43.4 Å². The molecule has 0 aromatic carbocycles. The summed E-state index contributed by atoms with van der Waals surface area (Å²) >= 11 is 0. The third kappa shape index (κ3) is 3.99. The number of furan rings is 1. The van der Waals surface area contributed by atoms with E-state index in [2.05, 4.69) is 18.3 Å². The first-order valence-corrected chi connectivity index (χ1v) is 6.03. The summed E-state index contributed by atoms with van der Waals surface area (Å²) in [5.41, 5.74) is 1.26. The van der Waals surface area contributed by atoms with Crippen LogP contribution in [-0.2, 0) is 4.74 Å². The number of rotatable bonds is 7. The molecule has 3 heteroatoms. The first kappa shape index (κ1) is 13.3. The van der Waals surface area contributed by atoms with Crippen LogP contribution in [0, 0.1) is 13.8 Å². The fraction of sp³-hybridized carbons (Fsp3) is 0.692. The molecular weight excluding hydrogens is 202 g/mol. The van der Waals surface area contributed by atoms with Gasteiger partial charge in [0.05, 0.1) is 0 Å². The van der Waals surface area contributed by atoms with Crippen molar-refractivity contribution in [3.8, 4) is 0 Å². The van der Waals surface area contributed by atoms with Crippen molar-refractivity contribution < 1.29 is 9.15 Å². The van der Waals surface area contributed by atoms with Gasteiger partial charge in [0.2, 0.25) is 0 Å². The monoisotopic (exact) mass is 225 g/mol. The molecule has 3 nitrogen and oxygen atoms in total. The van der Waals surface area contributed by atoms with Crippen molar-refractivity contribution in [1.82, 2.24) is 5.32 Å². The molecule has 0 bridgehead atoms. The summed E-state index contributed by atoms with van der Waals surface area (Å²) in [6.07, 6.45) is 1.05. The normalized spacial score (nSPS) is 13.0. The van der Waals surface area contributed by atoms with Crippen LogP contribution < -0.4 is 5.32 Å². The maximum Gasteiger partial charge on any atom is 0.105 e. The highest BCUT2D eigenvalue weighted by molar-refractivity contribution is 5.23. The molecule has 0 saturated carbocycles. The van der Waals surface area contributed by atoms with E-state index in [4.69, 9.17) is 9.15 Å². The molecule has 0 radical (unpaired) electrons. The molecule has 0 aliphatic carbocycles. The van der Waals surface area contributed by atoms with Crippen LogP contribution >= 0.6 is 0 Å². The quantitative estimate of drug-likeness (QED) is 0.724. The van der Waals surface area contributed by atoms with Gasteiger partial charge in [-0.05, 0) is 46.7 Å². The van der Waals surface area contributed by atoms with Crippen LogP contribution in [0.25, 0.3) is 0 Å². The third-order valence-electron chi connectivity index (χ3n) is 2.67. The van der Waals surface area contributed by atoms with Gasteiger partial charge in [0.25, 0.3) is 0 Å². The van der Waals surface area contributed by atoms with E-state index in [0.29, 0.717) is 6.04 Å². The summed E-state index contributed by atoms with van der Waals surface area (Å²) in [5, 5.41) is 3.47. The van der Waals surface area contributed by atoms with E-state index in [1.165, 1.54) is 5.56 Å². The molecule has 1 N–H and O–H groups in total. The summed E-state index contributed by atoms with van der Waals surface area (Å²) in [6.45, 7) is 10.8. The summed E-state index contributed by atoms with van der Waals surface area (Å²) in [5.74, 6) is 2.00. The predicted molar refractivity (Wildman–Crippen MR) is 65.7 cm³/mol. The largest absolute Gasteiger partial charge is 0.466 e. The smallest absolute Gasteiger partial charge is 0.105 e. The maximum atomic E-state index is 5.52. The first-order chi connectivity index (χ1) is 7.65. The van der Waals surface area contributed by atoms with E-state index in [0.717, 1.165) is 37.7 Å². The summed E-state index contributed by atoms with van der Waals surface area (Å²) in [7, 11) is 0. The average Bonchev–Trinajstić information content (AvgIpc) is 2.57. The van der Waals surface area contributed by atoms with E-state index < -0.39 is 0 Å². The lowest BCUT2D eigenvalue weighted by atomic mass is 10.1. The second-order valence-electron chi connectivity index (χ2n) is 4.09. The van der Waals surface area contributed by atoms with Crippen molar-refractivity contribution in [1.29, 1.82) is 0 Å². The van der Waals surface area contributed by atoms with Crippen LogP contribution in [0.3, 0.4) is 0 Å². The third-order valence-corrected chi connectivity index (χ3v) is 2.67. The number of hydrogen-bond acceptors (Lipinski definition) is 3. The summed E-state index contributed by atoms with van der Waals surface area (Å²) in [6, 6.07) is 2.45. The molecule has 1 rings (SSSR count). The van der Waals surface area contributed by atoms with Gasteiger partial charge in [-0.25, -0.2) is 0 Å². The molecule has 1 aromatic rings. The molecule has 0 aliphatic rings. The van der Waals surface area contributed by atoms with Gasteiger partial charge in [-0.1, -0.05) is 0 Å². The molecule has 16 heavy (non-hydrogen) atoms. The Hall–Kier alpha value is -0.800. The van der Waals surface area contributed by atoms with Crippen molar-refractivity contribution in [2.45, 2.75) is 40.2 Å². The van der Waals surface area contributed by atoms with Gasteiger partial charge in [0, 0.05) is 24.8 Å². The Morgan fingerprint density at radius 1 is 1.44 bits per heavy atom. The van der Waals surface area contributed by atoms with Gasteiger partial charge in [0.15, 0.2) is 0 Å². The Kier molecular flexibility index (Phi) is 5.56. The van der Waals surface area contributed by atoms with E-state index >= 15 is 0 Å².